The third kappa shape index (κ3) is 6.23. The summed E-state index contributed by atoms with van der Waals surface area (Å²) in [7, 11) is 3.44. The van der Waals surface area contributed by atoms with Gasteiger partial charge in [0.15, 0.2) is 17.6 Å². The second-order valence-corrected chi connectivity index (χ2v) is 7.69. The zero-order chi connectivity index (χ0) is 21.6. The highest BCUT2D eigenvalue weighted by molar-refractivity contribution is 5.80. The molecule has 2 aromatic rings. The van der Waals surface area contributed by atoms with E-state index in [1.54, 1.807) is 21.0 Å². The number of nitrogens with one attached hydrogen (secondary N) is 1. The highest BCUT2D eigenvalue weighted by Gasteiger charge is 2.18. The van der Waals surface area contributed by atoms with Gasteiger partial charge in [0.1, 0.15) is 0 Å². The van der Waals surface area contributed by atoms with Crippen LogP contribution >= 0.6 is 0 Å². The fraction of sp³-hybridized carbons (Fsp3) is 0.458. The lowest BCUT2D eigenvalue weighted by Crippen LogP contribution is -2.35. The Hall–Kier alpha value is -2.53. The van der Waals surface area contributed by atoms with E-state index in [1.807, 2.05) is 25.1 Å². The Bertz CT molecular complexity index is 823. The van der Waals surface area contributed by atoms with Crippen LogP contribution in [0.1, 0.15) is 41.7 Å². The Kier molecular flexibility index (Phi) is 8.09. The SMILES string of the molecule is CCOc1cc(CNCc2c(C)cc(C)cc2C)ccc1OC(C)C(=O)N(C)C. The molecule has 2 aromatic carbocycles. The molecule has 1 amide bonds. The number of benzene rings is 2. The number of likely N-dealkylation sites (N-methyl/N-ethyl adjacent to an activating group) is 1. The van der Waals surface area contributed by atoms with Gasteiger partial charge in [-0.25, -0.2) is 0 Å². The van der Waals surface area contributed by atoms with E-state index in [-0.39, 0.29) is 5.91 Å². The van der Waals surface area contributed by atoms with Gasteiger partial charge < -0.3 is 19.7 Å². The Morgan fingerprint density at radius 1 is 1.03 bits per heavy atom. The molecule has 0 heterocycles. The van der Waals surface area contributed by atoms with Crippen molar-refractivity contribution in [1.29, 1.82) is 0 Å². The molecule has 0 aliphatic heterocycles. The number of aryl methyl sites for hydroxylation is 3. The Morgan fingerprint density at radius 2 is 1.69 bits per heavy atom. The lowest BCUT2D eigenvalue weighted by atomic mass is 10.00. The molecule has 0 fully saturated rings. The van der Waals surface area contributed by atoms with Gasteiger partial charge in [-0.2, -0.15) is 0 Å². The van der Waals surface area contributed by atoms with E-state index in [0.717, 1.165) is 18.7 Å². The van der Waals surface area contributed by atoms with Crippen LogP contribution in [0.25, 0.3) is 0 Å². The van der Waals surface area contributed by atoms with Crippen LogP contribution in [0.5, 0.6) is 11.5 Å². The summed E-state index contributed by atoms with van der Waals surface area (Å²) in [5, 5.41) is 3.52. The lowest BCUT2D eigenvalue weighted by molar-refractivity contribution is -0.135. The van der Waals surface area contributed by atoms with Gasteiger partial charge in [-0.05, 0) is 69.0 Å². The maximum absolute atomic E-state index is 12.1. The third-order valence-corrected chi connectivity index (χ3v) is 4.87. The molecule has 0 aliphatic rings. The molecule has 1 N–H and O–H groups in total. The van der Waals surface area contributed by atoms with E-state index in [4.69, 9.17) is 9.47 Å². The molecule has 0 aromatic heterocycles. The molecule has 5 nitrogen and oxygen atoms in total. The summed E-state index contributed by atoms with van der Waals surface area (Å²) >= 11 is 0. The molecular weight excluding hydrogens is 364 g/mol. The van der Waals surface area contributed by atoms with Crippen molar-refractivity contribution in [2.24, 2.45) is 0 Å². The molecule has 0 saturated heterocycles. The van der Waals surface area contributed by atoms with Crippen molar-refractivity contribution >= 4 is 5.91 Å². The molecule has 1 unspecified atom stereocenters. The predicted octanol–water partition coefficient (Wildman–Crippen LogP) is 4.16. The topological polar surface area (TPSA) is 50.8 Å². The van der Waals surface area contributed by atoms with Gasteiger partial charge in [0, 0.05) is 27.2 Å². The molecule has 0 radical (unpaired) electrons. The first-order valence-corrected chi connectivity index (χ1v) is 10.1. The third-order valence-electron chi connectivity index (χ3n) is 4.87. The molecule has 0 aliphatic carbocycles. The van der Waals surface area contributed by atoms with Crippen molar-refractivity contribution in [3.05, 3.63) is 58.1 Å². The van der Waals surface area contributed by atoms with Crippen LogP contribution in [0.15, 0.2) is 30.3 Å². The standard InChI is InChI=1S/C24H34N2O3/c1-8-28-23-13-20(9-10-22(23)29-19(5)24(27)26(6)7)14-25-15-21-17(3)11-16(2)12-18(21)4/h9-13,19,25H,8,14-15H2,1-7H3. The number of carbonyl (C=O) groups excluding carboxylic acids is 1. The first-order valence-electron chi connectivity index (χ1n) is 10.1. The van der Waals surface area contributed by atoms with E-state index in [0.29, 0.717) is 18.1 Å². The van der Waals surface area contributed by atoms with Crippen LogP contribution in [0.2, 0.25) is 0 Å². The summed E-state index contributed by atoms with van der Waals surface area (Å²) in [6.07, 6.45) is -0.569. The number of hydrogen-bond acceptors (Lipinski definition) is 4. The predicted molar refractivity (Wildman–Crippen MR) is 118 cm³/mol. The second-order valence-electron chi connectivity index (χ2n) is 7.69. The average molecular weight is 399 g/mol. The largest absolute Gasteiger partial charge is 0.490 e. The quantitative estimate of drug-likeness (QED) is 0.689. The maximum Gasteiger partial charge on any atom is 0.262 e. The van der Waals surface area contributed by atoms with Crippen molar-refractivity contribution in [1.82, 2.24) is 10.2 Å². The second kappa shape index (κ2) is 10.3. The van der Waals surface area contributed by atoms with Gasteiger partial charge in [0.2, 0.25) is 0 Å². The highest BCUT2D eigenvalue weighted by Crippen LogP contribution is 2.29. The summed E-state index contributed by atoms with van der Waals surface area (Å²) in [5.41, 5.74) is 6.37. The van der Waals surface area contributed by atoms with Crippen LogP contribution in [0, 0.1) is 20.8 Å². The van der Waals surface area contributed by atoms with Gasteiger partial charge in [-0.3, -0.25) is 4.79 Å². The van der Waals surface area contributed by atoms with Crippen molar-refractivity contribution in [3.63, 3.8) is 0 Å². The van der Waals surface area contributed by atoms with E-state index in [2.05, 4.69) is 38.2 Å². The molecule has 0 saturated carbocycles. The monoisotopic (exact) mass is 398 g/mol. The molecule has 29 heavy (non-hydrogen) atoms. The maximum atomic E-state index is 12.1. The van der Waals surface area contributed by atoms with Gasteiger partial charge >= 0.3 is 0 Å². The summed E-state index contributed by atoms with van der Waals surface area (Å²) in [6.45, 7) is 12.2. The molecule has 5 heteroatoms. The highest BCUT2D eigenvalue weighted by atomic mass is 16.5. The van der Waals surface area contributed by atoms with Crippen molar-refractivity contribution in [2.45, 2.75) is 53.8 Å². The fourth-order valence-electron chi connectivity index (χ4n) is 3.45. The van der Waals surface area contributed by atoms with E-state index in [9.17, 15) is 4.79 Å². The van der Waals surface area contributed by atoms with Crippen LogP contribution in [-0.2, 0) is 17.9 Å². The van der Waals surface area contributed by atoms with Gasteiger partial charge in [0.25, 0.3) is 5.91 Å². The van der Waals surface area contributed by atoms with Crippen LogP contribution in [0.4, 0.5) is 0 Å². The van der Waals surface area contributed by atoms with Crippen LogP contribution < -0.4 is 14.8 Å². The minimum absolute atomic E-state index is 0.0815. The molecule has 1 atom stereocenters. The zero-order valence-corrected chi connectivity index (χ0v) is 18.8. The van der Waals surface area contributed by atoms with E-state index >= 15 is 0 Å². The smallest absolute Gasteiger partial charge is 0.262 e. The molecule has 2 rings (SSSR count). The summed E-state index contributed by atoms with van der Waals surface area (Å²) in [6, 6.07) is 10.3. The number of ether oxygens (including phenoxy) is 2. The zero-order valence-electron chi connectivity index (χ0n) is 18.8. The summed E-state index contributed by atoms with van der Waals surface area (Å²) in [5.74, 6) is 1.17. The van der Waals surface area contributed by atoms with E-state index in [1.165, 1.54) is 27.2 Å². The number of nitrogens with zero attached hydrogens (tertiary/aromatic N) is 1. The minimum atomic E-state index is -0.569. The van der Waals surface area contributed by atoms with Gasteiger partial charge in [-0.1, -0.05) is 23.8 Å². The molecule has 158 valence electrons. The first kappa shape index (κ1) is 22.8. The first-order chi connectivity index (χ1) is 13.7. The van der Waals surface area contributed by atoms with Crippen LogP contribution in [0.3, 0.4) is 0 Å². The van der Waals surface area contributed by atoms with Crippen LogP contribution in [-0.4, -0.2) is 37.6 Å². The van der Waals surface area contributed by atoms with Gasteiger partial charge in [-0.15, -0.1) is 0 Å². The fourth-order valence-corrected chi connectivity index (χ4v) is 3.45. The summed E-state index contributed by atoms with van der Waals surface area (Å²) in [4.78, 5) is 13.6. The lowest BCUT2D eigenvalue weighted by Gasteiger charge is -2.20. The number of hydrogen-bond donors (Lipinski definition) is 1. The van der Waals surface area contributed by atoms with Crippen molar-refractivity contribution < 1.29 is 14.3 Å². The number of carbonyl (C=O) groups is 1. The average Bonchev–Trinajstić information content (AvgIpc) is 2.65. The van der Waals surface area contributed by atoms with Crippen molar-refractivity contribution in [2.75, 3.05) is 20.7 Å². The minimum Gasteiger partial charge on any atom is -0.490 e. The number of rotatable bonds is 9. The Morgan fingerprint density at radius 3 is 2.28 bits per heavy atom. The van der Waals surface area contributed by atoms with Gasteiger partial charge in [0.05, 0.1) is 6.61 Å². The Labute approximate surface area is 175 Å². The molecular formula is C24H34N2O3. The van der Waals surface area contributed by atoms with E-state index < -0.39 is 6.10 Å². The number of amides is 1. The molecule has 0 spiro atoms. The normalized spacial score (nSPS) is 11.8. The summed E-state index contributed by atoms with van der Waals surface area (Å²) < 4.78 is 11.6. The molecule has 0 bridgehead atoms. The Balaban J connectivity index is 2.07. The van der Waals surface area contributed by atoms with Crippen molar-refractivity contribution in [3.8, 4) is 11.5 Å².